The van der Waals surface area contributed by atoms with Gasteiger partial charge in [0.1, 0.15) is 6.33 Å². The highest BCUT2D eigenvalue weighted by atomic mass is 19.1. The molecule has 1 aromatic heterocycles. The van der Waals surface area contributed by atoms with E-state index >= 15 is 0 Å². The van der Waals surface area contributed by atoms with Crippen molar-refractivity contribution in [3.05, 3.63) is 17.8 Å². The van der Waals surface area contributed by atoms with Crippen LogP contribution in [0.5, 0.6) is 0 Å². The standard InChI is InChI=1S/C10H17FN4O/c1-7(16)5-12-3-4-13-10-9(11)8(2)14-6-15-10/h6-7,12,16H,3-5H2,1-2H3,(H,13,14,15). The van der Waals surface area contributed by atoms with Gasteiger partial charge in [-0.25, -0.2) is 14.4 Å². The first-order valence-corrected chi connectivity index (χ1v) is 5.21. The topological polar surface area (TPSA) is 70.1 Å². The smallest absolute Gasteiger partial charge is 0.186 e. The molecule has 0 saturated carbocycles. The lowest BCUT2D eigenvalue weighted by molar-refractivity contribution is 0.192. The minimum atomic E-state index is -0.418. The van der Waals surface area contributed by atoms with Gasteiger partial charge in [-0.2, -0.15) is 0 Å². The maximum absolute atomic E-state index is 13.4. The minimum absolute atomic E-state index is 0.214. The molecule has 0 bridgehead atoms. The highest BCUT2D eigenvalue weighted by Crippen LogP contribution is 2.10. The highest BCUT2D eigenvalue weighted by molar-refractivity contribution is 5.36. The number of aryl methyl sites for hydroxylation is 1. The van der Waals surface area contributed by atoms with Gasteiger partial charge in [-0.1, -0.05) is 0 Å². The molecule has 16 heavy (non-hydrogen) atoms. The third-order valence-electron chi connectivity index (χ3n) is 2.00. The summed E-state index contributed by atoms with van der Waals surface area (Å²) in [4.78, 5) is 7.53. The average molecular weight is 228 g/mol. The van der Waals surface area contributed by atoms with E-state index in [9.17, 15) is 4.39 Å². The van der Waals surface area contributed by atoms with Crippen LogP contribution in [0.15, 0.2) is 6.33 Å². The van der Waals surface area contributed by atoms with Crippen LogP contribution in [0.1, 0.15) is 12.6 Å². The second-order valence-electron chi connectivity index (χ2n) is 3.60. The summed E-state index contributed by atoms with van der Waals surface area (Å²) in [6.07, 6.45) is 0.947. The number of anilines is 1. The summed E-state index contributed by atoms with van der Waals surface area (Å²) in [5.41, 5.74) is 0.328. The lowest BCUT2D eigenvalue weighted by Gasteiger charge is -2.09. The second kappa shape index (κ2) is 6.34. The Morgan fingerprint density at radius 1 is 1.44 bits per heavy atom. The molecule has 1 unspecified atom stereocenters. The summed E-state index contributed by atoms with van der Waals surface area (Å²) in [7, 11) is 0. The first-order chi connectivity index (χ1) is 7.61. The maximum atomic E-state index is 13.4. The molecule has 1 rings (SSSR count). The van der Waals surface area contributed by atoms with E-state index in [1.54, 1.807) is 13.8 Å². The Morgan fingerprint density at radius 3 is 2.88 bits per heavy atom. The Balaban J connectivity index is 2.29. The number of aliphatic hydroxyl groups excluding tert-OH is 1. The lowest BCUT2D eigenvalue weighted by Crippen LogP contribution is -2.29. The van der Waals surface area contributed by atoms with E-state index in [0.717, 1.165) is 0 Å². The molecule has 5 nitrogen and oxygen atoms in total. The summed E-state index contributed by atoms with van der Waals surface area (Å²) in [6.45, 7) is 4.99. The number of hydrogen-bond acceptors (Lipinski definition) is 5. The Kier molecular flexibility index (Phi) is 5.07. The van der Waals surface area contributed by atoms with Crippen LogP contribution in [0, 0.1) is 12.7 Å². The predicted octanol–water partition coefficient (Wildman–Crippen LogP) is 0.306. The molecule has 0 aliphatic heterocycles. The van der Waals surface area contributed by atoms with E-state index in [4.69, 9.17) is 5.11 Å². The van der Waals surface area contributed by atoms with Crippen molar-refractivity contribution >= 4 is 5.82 Å². The zero-order valence-electron chi connectivity index (χ0n) is 9.50. The zero-order chi connectivity index (χ0) is 12.0. The third-order valence-corrected chi connectivity index (χ3v) is 2.00. The number of hydrogen-bond donors (Lipinski definition) is 3. The van der Waals surface area contributed by atoms with E-state index in [0.29, 0.717) is 25.3 Å². The van der Waals surface area contributed by atoms with E-state index in [1.807, 2.05) is 0 Å². The molecule has 0 radical (unpaired) electrons. The predicted molar refractivity (Wildman–Crippen MR) is 59.8 cm³/mol. The zero-order valence-corrected chi connectivity index (χ0v) is 9.50. The van der Waals surface area contributed by atoms with Crippen LogP contribution in [0.3, 0.4) is 0 Å². The number of aromatic nitrogens is 2. The van der Waals surface area contributed by atoms with Crippen molar-refractivity contribution in [1.82, 2.24) is 15.3 Å². The minimum Gasteiger partial charge on any atom is -0.392 e. The molecule has 0 fully saturated rings. The van der Waals surface area contributed by atoms with Crippen molar-refractivity contribution in [1.29, 1.82) is 0 Å². The molecule has 0 aliphatic carbocycles. The van der Waals surface area contributed by atoms with Crippen LogP contribution in [0.2, 0.25) is 0 Å². The molecule has 0 aliphatic rings. The third kappa shape index (κ3) is 4.08. The summed E-state index contributed by atoms with van der Waals surface area (Å²) in [6, 6.07) is 0. The molecule has 0 spiro atoms. The molecule has 1 heterocycles. The summed E-state index contributed by atoms with van der Waals surface area (Å²) in [5, 5.41) is 14.9. The van der Waals surface area contributed by atoms with E-state index in [-0.39, 0.29) is 11.9 Å². The molecule has 90 valence electrons. The normalized spacial score (nSPS) is 12.5. The van der Waals surface area contributed by atoms with Gasteiger partial charge in [0.15, 0.2) is 11.6 Å². The molecule has 0 saturated heterocycles. The largest absolute Gasteiger partial charge is 0.392 e. The van der Waals surface area contributed by atoms with Gasteiger partial charge in [0.25, 0.3) is 0 Å². The van der Waals surface area contributed by atoms with Crippen molar-refractivity contribution < 1.29 is 9.50 Å². The van der Waals surface area contributed by atoms with Gasteiger partial charge in [-0.3, -0.25) is 0 Å². The SMILES string of the molecule is Cc1ncnc(NCCNCC(C)O)c1F. The van der Waals surface area contributed by atoms with Crippen LogP contribution in [0.25, 0.3) is 0 Å². The van der Waals surface area contributed by atoms with Crippen LogP contribution >= 0.6 is 0 Å². The van der Waals surface area contributed by atoms with Crippen LogP contribution in [0.4, 0.5) is 10.2 Å². The summed E-state index contributed by atoms with van der Waals surface area (Å²) in [5.74, 6) is -0.204. The van der Waals surface area contributed by atoms with Crippen molar-refractivity contribution in [3.8, 4) is 0 Å². The second-order valence-corrected chi connectivity index (χ2v) is 3.60. The first kappa shape index (κ1) is 12.8. The molecule has 0 amide bonds. The van der Waals surface area contributed by atoms with Gasteiger partial charge in [0.05, 0.1) is 11.8 Å². The monoisotopic (exact) mass is 228 g/mol. The molecule has 6 heteroatoms. The molecule has 3 N–H and O–H groups in total. The Morgan fingerprint density at radius 2 is 2.19 bits per heavy atom. The van der Waals surface area contributed by atoms with E-state index in [2.05, 4.69) is 20.6 Å². The van der Waals surface area contributed by atoms with Crippen LogP contribution in [-0.2, 0) is 0 Å². The number of rotatable bonds is 6. The van der Waals surface area contributed by atoms with Crippen molar-refractivity contribution in [2.45, 2.75) is 20.0 Å². The molecule has 0 aromatic carbocycles. The Bertz CT molecular complexity index is 333. The quantitative estimate of drug-likeness (QED) is 0.611. The Hall–Kier alpha value is -1.27. The fourth-order valence-corrected chi connectivity index (χ4v) is 1.16. The molecular weight excluding hydrogens is 211 g/mol. The van der Waals surface area contributed by atoms with Gasteiger partial charge >= 0.3 is 0 Å². The highest BCUT2D eigenvalue weighted by Gasteiger charge is 2.05. The Labute approximate surface area is 94.1 Å². The molecular formula is C10H17FN4O. The summed E-state index contributed by atoms with van der Waals surface area (Å²) >= 11 is 0. The van der Waals surface area contributed by atoms with Crippen LogP contribution < -0.4 is 10.6 Å². The van der Waals surface area contributed by atoms with Crippen molar-refractivity contribution in [2.75, 3.05) is 25.0 Å². The summed E-state index contributed by atoms with van der Waals surface area (Å²) < 4.78 is 13.4. The van der Waals surface area contributed by atoms with Gasteiger partial charge in [0.2, 0.25) is 0 Å². The maximum Gasteiger partial charge on any atom is 0.186 e. The fourth-order valence-electron chi connectivity index (χ4n) is 1.16. The first-order valence-electron chi connectivity index (χ1n) is 5.21. The number of halogens is 1. The lowest BCUT2D eigenvalue weighted by atomic mass is 10.4. The van der Waals surface area contributed by atoms with E-state index in [1.165, 1.54) is 6.33 Å². The molecule has 1 aromatic rings. The van der Waals surface area contributed by atoms with Crippen molar-refractivity contribution in [3.63, 3.8) is 0 Å². The number of nitrogens with one attached hydrogen (secondary N) is 2. The average Bonchev–Trinajstić information content (AvgIpc) is 2.23. The van der Waals surface area contributed by atoms with E-state index < -0.39 is 5.82 Å². The molecule has 1 atom stereocenters. The van der Waals surface area contributed by atoms with Gasteiger partial charge in [0, 0.05) is 19.6 Å². The van der Waals surface area contributed by atoms with Gasteiger partial charge in [-0.05, 0) is 13.8 Å². The van der Waals surface area contributed by atoms with Crippen LogP contribution in [-0.4, -0.2) is 40.8 Å². The number of aliphatic hydroxyl groups is 1. The van der Waals surface area contributed by atoms with Gasteiger partial charge in [-0.15, -0.1) is 0 Å². The van der Waals surface area contributed by atoms with Crippen molar-refractivity contribution in [2.24, 2.45) is 0 Å². The van der Waals surface area contributed by atoms with Gasteiger partial charge < -0.3 is 15.7 Å². The fraction of sp³-hybridized carbons (Fsp3) is 0.600. The number of nitrogens with zero attached hydrogens (tertiary/aromatic N) is 2.